The van der Waals surface area contributed by atoms with Gasteiger partial charge in [0.25, 0.3) is 0 Å². The lowest BCUT2D eigenvalue weighted by Gasteiger charge is -2.19. The zero-order chi connectivity index (χ0) is 13.1. The van der Waals surface area contributed by atoms with Gasteiger partial charge in [-0.1, -0.05) is 6.92 Å². The van der Waals surface area contributed by atoms with Crippen molar-refractivity contribution in [2.45, 2.75) is 32.8 Å². The number of carbonyl (C=O) groups is 1. The number of carboxylic acids is 1. The Kier molecular flexibility index (Phi) is 4.07. The van der Waals surface area contributed by atoms with Crippen molar-refractivity contribution in [2.75, 3.05) is 6.61 Å². The van der Waals surface area contributed by atoms with Crippen molar-refractivity contribution in [2.24, 2.45) is 0 Å². The fourth-order valence-electron chi connectivity index (χ4n) is 1.26. The molecule has 0 saturated carbocycles. The van der Waals surface area contributed by atoms with Crippen molar-refractivity contribution in [1.82, 2.24) is 4.98 Å². The largest absolute Gasteiger partial charge is 0.488 e. The fourth-order valence-corrected chi connectivity index (χ4v) is 1.26. The molecule has 1 aromatic rings. The smallest absolute Gasteiger partial charge is 0.339 e. The molecule has 1 heterocycles. The van der Waals surface area contributed by atoms with Crippen molar-refractivity contribution >= 4 is 5.97 Å². The number of aryl methyl sites for hydroxylation is 2. The van der Waals surface area contributed by atoms with Crippen LogP contribution < -0.4 is 4.74 Å². The first-order chi connectivity index (χ1) is 7.86. The molecule has 0 aliphatic heterocycles. The number of nitrogens with zero attached hydrogens (tertiary/aromatic N) is 1. The van der Waals surface area contributed by atoms with Crippen LogP contribution in [-0.2, 0) is 11.2 Å². The van der Waals surface area contributed by atoms with Crippen LogP contribution in [0.4, 0.5) is 0 Å². The second kappa shape index (κ2) is 5.14. The van der Waals surface area contributed by atoms with Gasteiger partial charge in [-0.15, -0.1) is 0 Å². The van der Waals surface area contributed by atoms with Crippen LogP contribution in [0.25, 0.3) is 0 Å². The van der Waals surface area contributed by atoms with Gasteiger partial charge in [0.2, 0.25) is 0 Å². The predicted molar refractivity (Wildman–Crippen MR) is 62.1 cm³/mol. The number of ether oxygens (including phenoxy) is 1. The second-order valence-electron chi connectivity index (χ2n) is 4.12. The second-order valence-corrected chi connectivity index (χ2v) is 4.12. The van der Waals surface area contributed by atoms with E-state index >= 15 is 0 Å². The summed E-state index contributed by atoms with van der Waals surface area (Å²) in [6, 6.07) is 3.52. The minimum Gasteiger partial charge on any atom is -0.488 e. The van der Waals surface area contributed by atoms with Crippen LogP contribution in [0, 0.1) is 6.92 Å². The molecule has 94 valence electrons. The van der Waals surface area contributed by atoms with Crippen LogP contribution in [-0.4, -0.2) is 33.4 Å². The maximum absolute atomic E-state index is 10.7. The molecule has 0 fully saturated rings. The van der Waals surface area contributed by atoms with Crippen LogP contribution in [0.3, 0.4) is 0 Å². The summed E-state index contributed by atoms with van der Waals surface area (Å²) in [5, 5.41) is 18.3. The predicted octanol–water partition coefficient (Wildman–Crippen LogP) is 1.17. The summed E-state index contributed by atoms with van der Waals surface area (Å²) in [6.07, 6.45) is 0.687. The molecule has 17 heavy (non-hydrogen) atoms. The maximum atomic E-state index is 10.7. The molecule has 0 radical (unpaired) electrons. The molecule has 0 spiro atoms. The summed E-state index contributed by atoms with van der Waals surface area (Å²) in [5.74, 6) is -0.796. The van der Waals surface area contributed by atoms with Gasteiger partial charge in [-0.3, -0.25) is 4.98 Å². The molecule has 1 unspecified atom stereocenters. The lowest BCUT2D eigenvalue weighted by molar-refractivity contribution is -0.159. The highest BCUT2D eigenvalue weighted by Crippen LogP contribution is 2.19. The van der Waals surface area contributed by atoms with E-state index in [1.807, 2.05) is 13.8 Å². The van der Waals surface area contributed by atoms with Crippen molar-refractivity contribution in [1.29, 1.82) is 0 Å². The summed E-state index contributed by atoms with van der Waals surface area (Å²) in [4.78, 5) is 15.0. The Morgan fingerprint density at radius 3 is 2.71 bits per heavy atom. The van der Waals surface area contributed by atoms with Gasteiger partial charge in [-0.05, 0) is 32.4 Å². The normalized spacial score (nSPS) is 14.1. The Morgan fingerprint density at radius 2 is 2.18 bits per heavy atom. The summed E-state index contributed by atoms with van der Waals surface area (Å²) in [7, 11) is 0. The summed E-state index contributed by atoms with van der Waals surface area (Å²) >= 11 is 0. The third kappa shape index (κ3) is 3.42. The van der Waals surface area contributed by atoms with E-state index in [2.05, 4.69) is 4.98 Å². The molecule has 2 N–H and O–H groups in total. The van der Waals surface area contributed by atoms with Crippen molar-refractivity contribution in [3.05, 3.63) is 23.5 Å². The van der Waals surface area contributed by atoms with E-state index in [1.54, 1.807) is 12.1 Å². The number of rotatable bonds is 5. The number of pyridine rings is 1. The first kappa shape index (κ1) is 13.4. The Balaban J connectivity index is 2.79. The minimum absolute atomic E-state index is 0.305. The lowest BCUT2D eigenvalue weighted by atomic mass is 10.1. The van der Waals surface area contributed by atoms with Gasteiger partial charge < -0.3 is 14.9 Å². The fraction of sp³-hybridized carbons (Fsp3) is 0.500. The lowest BCUT2D eigenvalue weighted by Crippen LogP contribution is -2.41. The molecule has 0 bridgehead atoms. The van der Waals surface area contributed by atoms with E-state index in [0.29, 0.717) is 12.2 Å². The van der Waals surface area contributed by atoms with Crippen molar-refractivity contribution < 1.29 is 19.7 Å². The Labute approximate surface area is 100 Å². The maximum Gasteiger partial charge on any atom is 0.339 e. The first-order valence-corrected chi connectivity index (χ1v) is 5.42. The SMILES string of the molecule is CCc1nc(C)ccc1OCC(C)(O)C(=O)O. The standard InChI is InChI=1S/C12H17NO4/c1-4-9-10(6-5-8(2)13-9)17-7-12(3,16)11(14)15/h5-6,16H,4,7H2,1-3H3,(H,14,15). The number of carboxylic acid groups (broad SMARTS) is 1. The highest BCUT2D eigenvalue weighted by atomic mass is 16.5. The number of hydrogen-bond donors (Lipinski definition) is 2. The van der Waals surface area contributed by atoms with Crippen LogP contribution in [0.2, 0.25) is 0 Å². The summed E-state index contributed by atoms with van der Waals surface area (Å²) < 4.78 is 5.32. The van der Waals surface area contributed by atoms with Crippen LogP contribution in [0.5, 0.6) is 5.75 Å². The number of aliphatic hydroxyl groups is 1. The van der Waals surface area contributed by atoms with Gasteiger partial charge in [-0.2, -0.15) is 0 Å². The highest BCUT2D eigenvalue weighted by Gasteiger charge is 2.31. The first-order valence-electron chi connectivity index (χ1n) is 5.42. The van der Waals surface area contributed by atoms with E-state index in [9.17, 15) is 9.90 Å². The van der Waals surface area contributed by atoms with Gasteiger partial charge in [0.15, 0.2) is 5.60 Å². The van der Waals surface area contributed by atoms with Gasteiger partial charge in [-0.25, -0.2) is 4.79 Å². The van der Waals surface area contributed by atoms with E-state index in [1.165, 1.54) is 6.92 Å². The van der Waals surface area contributed by atoms with Crippen LogP contribution >= 0.6 is 0 Å². The number of aromatic nitrogens is 1. The molecule has 0 amide bonds. The molecule has 1 atom stereocenters. The summed E-state index contributed by atoms with van der Waals surface area (Å²) in [6.45, 7) is 4.70. The van der Waals surface area contributed by atoms with Gasteiger partial charge in [0.05, 0.1) is 5.69 Å². The monoisotopic (exact) mass is 239 g/mol. The third-order valence-electron chi connectivity index (χ3n) is 2.38. The van der Waals surface area contributed by atoms with Gasteiger partial charge in [0.1, 0.15) is 12.4 Å². The zero-order valence-electron chi connectivity index (χ0n) is 10.2. The molecule has 1 rings (SSSR count). The van der Waals surface area contributed by atoms with Gasteiger partial charge in [0, 0.05) is 5.69 Å². The molecule has 5 nitrogen and oxygen atoms in total. The van der Waals surface area contributed by atoms with Crippen molar-refractivity contribution in [3.8, 4) is 5.75 Å². The molecular formula is C12H17NO4. The van der Waals surface area contributed by atoms with Crippen LogP contribution in [0.1, 0.15) is 25.2 Å². The Morgan fingerprint density at radius 1 is 1.53 bits per heavy atom. The molecule has 0 saturated heterocycles. The number of aliphatic carboxylic acids is 1. The topological polar surface area (TPSA) is 79.7 Å². The van der Waals surface area contributed by atoms with E-state index < -0.39 is 11.6 Å². The highest BCUT2D eigenvalue weighted by molar-refractivity contribution is 5.76. The molecule has 0 aliphatic rings. The molecule has 1 aromatic heterocycles. The van der Waals surface area contributed by atoms with Crippen LogP contribution in [0.15, 0.2) is 12.1 Å². The van der Waals surface area contributed by atoms with E-state index in [-0.39, 0.29) is 6.61 Å². The molecule has 5 heteroatoms. The zero-order valence-corrected chi connectivity index (χ0v) is 10.2. The molecular weight excluding hydrogens is 222 g/mol. The Hall–Kier alpha value is -1.62. The molecule has 0 aliphatic carbocycles. The van der Waals surface area contributed by atoms with E-state index in [0.717, 1.165) is 11.4 Å². The summed E-state index contributed by atoms with van der Waals surface area (Å²) in [5.41, 5.74) is -0.263. The Bertz CT molecular complexity index is 415. The minimum atomic E-state index is -1.89. The average molecular weight is 239 g/mol. The van der Waals surface area contributed by atoms with E-state index in [4.69, 9.17) is 9.84 Å². The quantitative estimate of drug-likeness (QED) is 0.806. The van der Waals surface area contributed by atoms with Crippen molar-refractivity contribution in [3.63, 3.8) is 0 Å². The third-order valence-corrected chi connectivity index (χ3v) is 2.38. The average Bonchev–Trinajstić information content (AvgIpc) is 2.27. The number of hydrogen-bond acceptors (Lipinski definition) is 4. The molecule has 0 aromatic carbocycles. The van der Waals surface area contributed by atoms with Gasteiger partial charge >= 0.3 is 5.97 Å².